The smallest absolute Gasteiger partial charge is 0.240 e. The monoisotopic (exact) mass is 180 g/mol. The van der Waals surface area contributed by atoms with Gasteiger partial charge >= 0.3 is 0 Å². The number of thiol groups is 1. The lowest BCUT2D eigenvalue weighted by Crippen LogP contribution is -2.29. The van der Waals surface area contributed by atoms with Gasteiger partial charge in [-0.2, -0.15) is 0 Å². The number of alkyl halides is 1. The summed E-state index contributed by atoms with van der Waals surface area (Å²) in [6.45, 7) is 0. The van der Waals surface area contributed by atoms with Crippen LogP contribution in [0, 0.1) is 0 Å². The maximum absolute atomic E-state index is 10.6. The molecule has 0 aliphatic carbocycles. The summed E-state index contributed by atoms with van der Waals surface area (Å²) in [5, 5.41) is 6.63. The van der Waals surface area contributed by atoms with E-state index in [9.17, 15) is 4.79 Å². The number of carbonyl (C=O) groups is 1. The van der Waals surface area contributed by atoms with Gasteiger partial charge in [-0.15, -0.1) is 24.2 Å². The Labute approximate surface area is 70.2 Å². The summed E-state index contributed by atoms with van der Waals surface area (Å²) in [7, 11) is 1.68. The van der Waals surface area contributed by atoms with E-state index in [0.717, 1.165) is 0 Å². The Morgan fingerprint density at radius 2 is 2.40 bits per heavy atom. The Morgan fingerprint density at radius 1 is 1.80 bits per heavy atom. The minimum absolute atomic E-state index is 0.0488. The standard InChI is InChI=1S/C5H9ClN2OS/c1-7-4(3-10)8-5(9)2-6/h3,7,10H,2H2,1H3,(H,8,9)/b4-3+. The number of hydrogen-bond acceptors (Lipinski definition) is 3. The van der Waals surface area contributed by atoms with Crippen molar-refractivity contribution in [1.82, 2.24) is 10.6 Å². The summed E-state index contributed by atoms with van der Waals surface area (Å²) in [6, 6.07) is 0. The van der Waals surface area contributed by atoms with Gasteiger partial charge in [0.15, 0.2) is 0 Å². The summed E-state index contributed by atoms with van der Waals surface area (Å²) in [5.74, 6) is 0.234. The molecule has 0 aromatic carbocycles. The topological polar surface area (TPSA) is 41.1 Å². The lowest BCUT2D eigenvalue weighted by Gasteiger charge is -2.04. The first-order valence-electron chi connectivity index (χ1n) is 2.62. The van der Waals surface area contributed by atoms with E-state index in [1.165, 1.54) is 5.41 Å². The van der Waals surface area contributed by atoms with Crippen molar-refractivity contribution in [2.45, 2.75) is 0 Å². The minimum atomic E-state index is -0.253. The molecule has 0 rings (SSSR count). The second-order valence-electron chi connectivity index (χ2n) is 1.47. The van der Waals surface area contributed by atoms with E-state index < -0.39 is 0 Å². The van der Waals surface area contributed by atoms with Crippen LogP contribution in [0.15, 0.2) is 11.2 Å². The van der Waals surface area contributed by atoms with Crippen molar-refractivity contribution in [2.75, 3.05) is 12.9 Å². The second-order valence-corrected chi connectivity index (χ2v) is 2.00. The molecule has 10 heavy (non-hydrogen) atoms. The predicted octanol–water partition coefficient (Wildman–Crippen LogP) is 0.290. The van der Waals surface area contributed by atoms with Crippen LogP contribution in [0.4, 0.5) is 0 Å². The molecule has 0 unspecified atom stereocenters. The summed E-state index contributed by atoms with van der Waals surface area (Å²) in [5.41, 5.74) is 0. The molecule has 0 aromatic rings. The number of carbonyl (C=O) groups excluding carboxylic acids is 1. The zero-order chi connectivity index (χ0) is 7.98. The fourth-order valence-electron chi connectivity index (χ4n) is 0.343. The van der Waals surface area contributed by atoms with Gasteiger partial charge in [-0.25, -0.2) is 0 Å². The van der Waals surface area contributed by atoms with Gasteiger partial charge in [0.05, 0.1) is 0 Å². The van der Waals surface area contributed by atoms with Crippen LogP contribution >= 0.6 is 24.2 Å². The Balaban J connectivity index is 3.76. The van der Waals surface area contributed by atoms with E-state index >= 15 is 0 Å². The molecular weight excluding hydrogens is 172 g/mol. The number of rotatable bonds is 3. The average molecular weight is 181 g/mol. The van der Waals surface area contributed by atoms with Crippen molar-refractivity contribution < 1.29 is 4.79 Å². The third-order valence-electron chi connectivity index (χ3n) is 0.794. The maximum atomic E-state index is 10.6. The first kappa shape index (κ1) is 9.65. The zero-order valence-corrected chi connectivity index (χ0v) is 7.17. The Morgan fingerprint density at radius 3 is 2.70 bits per heavy atom. The minimum Gasteiger partial charge on any atom is -0.374 e. The fraction of sp³-hybridized carbons (Fsp3) is 0.400. The Bertz CT molecular complexity index is 149. The molecule has 0 saturated heterocycles. The van der Waals surface area contributed by atoms with Gasteiger partial charge in [0, 0.05) is 12.5 Å². The average Bonchev–Trinajstić information content (AvgIpc) is 1.99. The van der Waals surface area contributed by atoms with Gasteiger partial charge in [0.1, 0.15) is 11.7 Å². The van der Waals surface area contributed by atoms with Crippen molar-refractivity contribution in [1.29, 1.82) is 0 Å². The Kier molecular flexibility index (Phi) is 5.25. The van der Waals surface area contributed by atoms with E-state index in [4.69, 9.17) is 11.6 Å². The van der Waals surface area contributed by atoms with Gasteiger partial charge in [0.25, 0.3) is 0 Å². The van der Waals surface area contributed by atoms with Crippen LogP contribution in [0.3, 0.4) is 0 Å². The van der Waals surface area contributed by atoms with E-state index in [1.807, 2.05) is 0 Å². The van der Waals surface area contributed by atoms with E-state index in [-0.39, 0.29) is 11.8 Å². The van der Waals surface area contributed by atoms with Crippen molar-refractivity contribution in [3.63, 3.8) is 0 Å². The third-order valence-corrected chi connectivity index (χ3v) is 1.29. The molecule has 0 atom stereocenters. The second kappa shape index (κ2) is 5.44. The molecule has 3 nitrogen and oxygen atoms in total. The molecule has 0 aromatic heterocycles. The van der Waals surface area contributed by atoms with Gasteiger partial charge in [0.2, 0.25) is 5.91 Å². The molecule has 58 valence electrons. The normalized spacial score (nSPS) is 10.9. The van der Waals surface area contributed by atoms with Gasteiger partial charge in [-0.1, -0.05) is 0 Å². The molecule has 0 aliphatic heterocycles. The van der Waals surface area contributed by atoms with Crippen LogP contribution in [-0.4, -0.2) is 18.8 Å². The lowest BCUT2D eigenvalue weighted by molar-refractivity contribution is -0.118. The van der Waals surface area contributed by atoms with E-state index in [1.54, 1.807) is 7.05 Å². The summed E-state index contributed by atoms with van der Waals surface area (Å²) in [4.78, 5) is 10.6. The molecule has 0 saturated carbocycles. The molecule has 5 heteroatoms. The highest BCUT2D eigenvalue weighted by Crippen LogP contribution is 1.85. The van der Waals surface area contributed by atoms with Crippen LogP contribution in [0.25, 0.3) is 0 Å². The molecule has 0 spiro atoms. The summed E-state index contributed by atoms with van der Waals surface area (Å²) < 4.78 is 0. The van der Waals surface area contributed by atoms with Crippen molar-refractivity contribution >= 4 is 30.1 Å². The number of hydrogen-bond donors (Lipinski definition) is 3. The molecule has 0 bridgehead atoms. The highest BCUT2D eigenvalue weighted by atomic mass is 35.5. The highest BCUT2D eigenvalue weighted by Gasteiger charge is 1.98. The predicted molar refractivity (Wildman–Crippen MR) is 45.0 cm³/mol. The maximum Gasteiger partial charge on any atom is 0.240 e. The SMILES string of the molecule is CN/C(=C\S)NC(=O)CCl. The molecule has 1 amide bonds. The van der Waals surface area contributed by atoms with Crippen LogP contribution in [-0.2, 0) is 4.79 Å². The molecule has 0 heterocycles. The number of halogens is 1. The summed E-state index contributed by atoms with van der Waals surface area (Å²) >= 11 is 9.04. The molecule has 0 radical (unpaired) electrons. The Hall–Kier alpha value is -0.350. The quantitative estimate of drug-likeness (QED) is 0.432. The van der Waals surface area contributed by atoms with Crippen LogP contribution in [0.2, 0.25) is 0 Å². The molecule has 0 fully saturated rings. The van der Waals surface area contributed by atoms with E-state index in [0.29, 0.717) is 5.82 Å². The fourth-order valence-corrected chi connectivity index (χ4v) is 0.603. The largest absolute Gasteiger partial charge is 0.374 e. The van der Waals surface area contributed by atoms with Crippen molar-refractivity contribution in [3.8, 4) is 0 Å². The number of nitrogens with one attached hydrogen (secondary N) is 2. The molecular formula is C5H9ClN2OS. The van der Waals surface area contributed by atoms with Crippen LogP contribution in [0.5, 0.6) is 0 Å². The molecule has 2 N–H and O–H groups in total. The lowest BCUT2D eigenvalue weighted by atomic mass is 10.6. The number of amides is 1. The van der Waals surface area contributed by atoms with Crippen molar-refractivity contribution in [2.24, 2.45) is 0 Å². The first-order chi connectivity index (χ1) is 4.74. The van der Waals surface area contributed by atoms with Gasteiger partial charge in [-0.05, 0) is 0 Å². The third kappa shape index (κ3) is 3.63. The van der Waals surface area contributed by atoms with Crippen molar-refractivity contribution in [3.05, 3.63) is 11.2 Å². The van der Waals surface area contributed by atoms with Crippen LogP contribution in [0.1, 0.15) is 0 Å². The highest BCUT2D eigenvalue weighted by molar-refractivity contribution is 7.83. The van der Waals surface area contributed by atoms with Crippen LogP contribution < -0.4 is 10.6 Å². The van der Waals surface area contributed by atoms with Gasteiger partial charge < -0.3 is 10.6 Å². The molecule has 0 aliphatic rings. The first-order valence-corrected chi connectivity index (χ1v) is 3.67. The van der Waals surface area contributed by atoms with E-state index in [2.05, 4.69) is 23.3 Å². The summed E-state index contributed by atoms with van der Waals surface area (Å²) in [6.07, 6.45) is 0. The van der Waals surface area contributed by atoms with Gasteiger partial charge in [-0.3, -0.25) is 4.79 Å². The zero-order valence-electron chi connectivity index (χ0n) is 5.52.